The largest absolute Gasteiger partial charge is 0.497 e. The average Bonchev–Trinajstić information content (AvgIpc) is 2.88. The van der Waals surface area contributed by atoms with Crippen molar-refractivity contribution in [3.63, 3.8) is 0 Å². The van der Waals surface area contributed by atoms with Crippen LogP contribution in [-0.2, 0) is 19.1 Å². The third kappa shape index (κ3) is 8.83. The third-order valence-electron chi connectivity index (χ3n) is 6.74. The first-order valence-electron chi connectivity index (χ1n) is 13.7. The van der Waals surface area contributed by atoms with Crippen molar-refractivity contribution in [1.82, 2.24) is 10.2 Å². The molecule has 0 aliphatic heterocycles. The van der Waals surface area contributed by atoms with Gasteiger partial charge in [-0.3, -0.25) is 14.4 Å². The summed E-state index contributed by atoms with van der Waals surface area (Å²) in [4.78, 5) is 54.2. The van der Waals surface area contributed by atoms with Crippen LogP contribution in [0.3, 0.4) is 0 Å². The van der Waals surface area contributed by atoms with E-state index in [9.17, 15) is 19.2 Å². The predicted molar refractivity (Wildman–Crippen MR) is 157 cm³/mol. The fourth-order valence-electron chi connectivity index (χ4n) is 4.54. The molecule has 4 N–H and O–H groups in total. The number of nitrogens with zero attached hydrogens (tertiary/aromatic N) is 1. The van der Waals surface area contributed by atoms with Crippen molar-refractivity contribution in [3.05, 3.63) is 66.2 Å². The Labute approximate surface area is 241 Å². The van der Waals surface area contributed by atoms with Gasteiger partial charge in [-0.25, -0.2) is 4.79 Å². The molecule has 4 amide bonds. The van der Waals surface area contributed by atoms with Gasteiger partial charge >= 0.3 is 6.09 Å². The highest BCUT2D eigenvalue weighted by Gasteiger charge is 2.42. The zero-order valence-electron chi connectivity index (χ0n) is 24.1. The Morgan fingerprint density at radius 2 is 1.80 bits per heavy atom. The van der Waals surface area contributed by atoms with Crippen molar-refractivity contribution in [2.75, 3.05) is 12.4 Å². The van der Waals surface area contributed by atoms with E-state index in [0.29, 0.717) is 29.8 Å². The molecule has 1 aliphatic rings. The molecule has 2 aromatic carbocycles. The van der Waals surface area contributed by atoms with E-state index in [1.807, 2.05) is 12.1 Å². The lowest BCUT2D eigenvalue weighted by Gasteiger charge is -2.43. The molecule has 220 valence electrons. The monoisotopic (exact) mass is 564 g/mol. The summed E-state index contributed by atoms with van der Waals surface area (Å²) >= 11 is 0. The van der Waals surface area contributed by atoms with Crippen LogP contribution in [0.15, 0.2) is 55.1 Å². The third-order valence-corrected chi connectivity index (χ3v) is 6.74. The summed E-state index contributed by atoms with van der Waals surface area (Å²) in [6.45, 7) is 8.96. The molecule has 0 aromatic heterocycles. The SMILES string of the molecule is C=Cc1cccc(C(C(=O)Nc2ccc(OC)cc2)N(C(=O)C(CCC(N)=O)NC(=O)OC(C)(C)C)C2CCC2)c1. The van der Waals surface area contributed by atoms with Crippen LogP contribution in [0.25, 0.3) is 6.08 Å². The van der Waals surface area contributed by atoms with Gasteiger partial charge in [-0.15, -0.1) is 0 Å². The van der Waals surface area contributed by atoms with E-state index in [0.717, 1.165) is 12.0 Å². The topological polar surface area (TPSA) is 140 Å². The van der Waals surface area contributed by atoms with E-state index >= 15 is 0 Å². The number of benzene rings is 2. The molecule has 1 saturated carbocycles. The predicted octanol–water partition coefficient (Wildman–Crippen LogP) is 4.56. The molecule has 0 bridgehead atoms. The van der Waals surface area contributed by atoms with Crippen molar-refractivity contribution in [1.29, 1.82) is 0 Å². The summed E-state index contributed by atoms with van der Waals surface area (Å²) in [5.41, 5.74) is 6.48. The molecule has 10 nitrogen and oxygen atoms in total. The van der Waals surface area contributed by atoms with Gasteiger partial charge in [-0.1, -0.05) is 30.9 Å². The lowest BCUT2D eigenvalue weighted by atomic mass is 9.87. The number of nitrogens with one attached hydrogen (secondary N) is 2. The quantitative estimate of drug-likeness (QED) is 0.345. The number of ether oxygens (including phenoxy) is 2. The van der Waals surface area contributed by atoms with E-state index in [1.165, 1.54) is 4.90 Å². The molecule has 41 heavy (non-hydrogen) atoms. The number of nitrogens with two attached hydrogens (primary N) is 1. The van der Waals surface area contributed by atoms with Gasteiger partial charge in [-0.05, 0) is 87.9 Å². The van der Waals surface area contributed by atoms with Crippen LogP contribution < -0.4 is 21.1 Å². The number of amides is 4. The van der Waals surface area contributed by atoms with Crippen molar-refractivity contribution in [2.24, 2.45) is 5.73 Å². The van der Waals surface area contributed by atoms with Crippen molar-refractivity contribution < 1.29 is 28.7 Å². The summed E-state index contributed by atoms with van der Waals surface area (Å²) in [5, 5.41) is 5.55. The minimum atomic E-state index is -1.14. The Balaban J connectivity index is 2.03. The number of rotatable bonds is 12. The normalized spacial score (nSPS) is 14.5. The van der Waals surface area contributed by atoms with Gasteiger partial charge in [0.25, 0.3) is 5.91 Å². The first-order chi connectivity index (χ1) is 19.4. The van der Waals surface area contributed by atoms with Gasteiger partial charge < -0.3 is 30.7 Å². The molecule has 0 heterocycles. The Morgan fingerprint density at radius 3 is 2.34 bits per heavy atom. The molecule has 1 fully saturated rings. The van der Waals surface area contributed by atoms with E-state index in [1.54, 1.807) is 70.4 Å². The second-order valence-corrected chi connectivity index (χ2v) is 11.0. The lowest BCUT2D eigenvalue weighted by Crippen LogP contribution is -2.57. The van der Waals surface area contributed by atoms with Gasteiger partial charge in [0, 0.05) is 18.2 Å². The molecule has 0 saturated heterocycles. The number of primary amides is 1. The van der Waals surface area contributed by atoms with Crippen molar-refractivity contribution in [3.8, 4) is 5.75 Å². The number of carbonyl (C=O) groups excluding carboxylic acids is 4. The molecular weight excluding hydrogens is 524 g/mol. The van der Waals surface area contributed by atoms with Crippen LogP contribution in [0.1, 0.15) is 70.0 Å². The van der Waals surface area contributed by atoms with Crippen molar-refractivity contribution >= 4 is 35.6 Å². The second-order valence-electron chi connectivity index (χ2n) is 11.0. The minimum Gasteiger partial charge on any atom is -0.497 e. The number of hydrogen-bond acceptors (Lipinski definition) is 6. The standard InChI is InChI=1S/C31H40N4O6/c1-6-20-9-7-10-21(19-20)27(28(37)33-22-13-15-24(40-5)16-14-22)35(23-11-8-12-23)29(38)25(17-18-26(32)36)34-30(39)41-31(2,3)4/h6-7,9-10,13-16,19,23,25,27H,1,8,11-12,17-18H2,2-5H3,(H2,32,36)(H,33,37)(H,34,39). The van der Waals surface area contributed by atoms with Gasteiger partial charge in [0.05, 0.1) is 7.11 Å². The van der Waals surface area contributed by atoms with Crippen LogP contribution in [0.2, 0.25) is 0 Å². The highest BCUT2D eigenvalue weighted by atomic mass is 16.6. The fraction of sp³-hybridized carbons (Fsp3) is 0.419. The molecule has 10 heteroatoms. The van der Waals surface area contributed by atoms with Crippen LogP contribution in [0.5, 0.6) is 5.75 Å². The highest BCUT2D eigenvalue weighted by Crippen LogP contribution is 2.35. The van der Waals surface area contributed by atoms with E-state index in [4.69, 9.17) is 15.2 Å². The van der Waals surface area contributed by atoms with Crippen LogP contribution in [0.4, 0.5) is 10.5 Å². The highest BCUT2D eigenvalue weighted by molar-refractivity contribution is 5.99. The van der Waals surface area contributed by atoms with E-state index in [-0.39, 0.29) is 18.9 Å². The molecule has 2 aromatic rings. The molecule has 2 atom stereocenters. The van der Waals surface area contributed by atoms with Crippen LogP contribution in [-0.4, -0.2) is 53.5 Å². The molecule has 2 unspecified atom stereocenters. The number of alkyl carbamates (subject to hydrolysis) is 1. The summed E-state index contributed by atoms with van der Waals surface area (Å²) < 4.78 is 10.6. The van der Waals surface area contributed by atoms with Crippen LogP contribution in [0, 0.1) is 0 Å². The average molecular weight is 565 g/mol. The summed E-state index contributed by atoms with van der Waals surface area (Å²) in [6.07, 6.45) is 2.94. The van der Waals surface area contributed by atoms with E-state index < -0.39 is 41.5 Å². The molecule has 0 radical (unpaired) electrons. The van der Waals surface area contributed by atoms with Crippen LogP contribution >= 0.6 is 0 Å². The summed E-state index contributed by atoms with van der Waals surface area (Å²) in [5.74, 6) is -0.908. The Kier molecular flexibility index (Phi) is 10.5. The fourth-order valence-corrected chi connectivity index (χ4v) is 4.54. The maximum atomic E-state index is 14.3. The maximum absolute atomic E-state index is 14.3. The first-order valence-corrected chi connectivity index (χ1v) is 13.7. The summed E-state index contributed by atoms with van der Waals surface area (Å²) in [7, 11) is 1.55. The van der Waals surface area contributed by atoms with Crippen molar-refractivity contribution in [2.45, 2.75) is 76.6 Å². The zero-order chi connectivity index (χ0) is 30.2. The lowest BCUT2D eigenvalue weighted by molar-refractivity contribution is -0.146. The maximum Gasteiger partial charge on any atom is 0.408 e. The number of methoxy groups -OCH3 is 1. The minimum absolute atomic E-state index is 0.0455. The number of hydrogen-bond donors (Lipinski definition) is 3. The van der Waals surface area contributed by atoms with Gasteiger partial charge in [0.2, 0.25) is 11.8 Å². The number of carbonyl (C=O) groups is 4. The first kappa shape index (κ1) is 31.2. The zero-order valence-corrected chi connectivity index (χ0v) is 24.1. The second kappa shape index (κ2) is 13.8. The van der Waals surface area contributed by atoms with E-state index in [2.05, 4.69) is 17.2 Å². The summed E-state index contributed by atoms with van der Waals surface area (Å²) in [6, 6.07) is 11.7. The Hall–Kier alpha value is -4.34. The molecule has 0 spiro atoms. The van der Waals surface area contributed by atoms with Gasteiger partial charge in [0.1, 0.15) is 23.4 Å². The molecular formula is C31H40N4O6. The van der Waals surface area contributed by atoms with Gasteiger partial charge in [0.15, 0.2) is 0 Å². The molecule has 1 aliphatic carbocycles. The number of anilines is 1. The van der Waals surface area contributed by atoms with Gasteiger partial charge in [-0.2, -0.15) is 0 Å². The Bertz CT molecular complexity index is 1250. The molecule has 3 rings (SSSR count). The Morgan fingerprint density at radius 1 is 1.12 bits per heavy atom. The smallest absolute Gasteiger partial charge is 0.408 e.